The van der Waals surface area contributed by atoms with Crippen LogP contribution in [0.2, 0.25) is 0 Å². The normalized spacial score (nSPS) is 19.9. The molecule has 1 N–H and O–H groups in total. The van der Waals surface area contributed by atoms with Crippen LogP contribution in [-0.4, -0.2) is 0 Å². The molecule has 2 aliphatic heterocycles. The van der Waals surface area contributed by atoms with Gasteiger partial charge in [-0.2, -0.15) is 0 Å². The monoisotopic (exact) mass is 477 g/mol. The molecule has 2 nitrogen and oxygen atoms in total. The summed E-state index contributed by atoms with van der Waals surface area (Å²) in [6, 6.07) is 29.0. The van der Waals surface area contributed by atoms with Crippen molar-refractivity contribution in [3.8, 4) is 22.6 Å². The van der Waals surface area contributed by atoms with E-state index in [1.807, 2.05) is 0 Å². The van der Waals surface area contributed by atoms with Crippen molar-refractivity contribution in [1.29, 1.82) is 0 Å². The largest absolute Gasteiger partial charge is 0.457 e. The Morgan fingerprint density at radius 1 is 0.757 bits per heavy atom. The number of rotatable bonds is 1. The molecule has 0 fully saturated rings. The van der Waals surface area contributed by atoms with Gasteiger partial charge in [-0.25, -0.2) is 0 Å². The van der Waals surface area contributed by atoms with Crippen LogP contribution in [-0.2, 0) is 12.0 Å². The topological polar surface area (TPSA) is 21.3 Å². The minimum absolute atomic E-state index is 0.387. The second-order valence-electron chi connectivity index (χ2n) is 10.5. The fourth-order valence-electron chi connectivity index (χ4n) is 7.08. The highest BCUT2D eigenvalue weighted by molar-refractivity contribution is 5.91. The number of hydrogen-bond donors (Lipinski definition) is 1. The molecule has 0 bridgehead atoms. The van der Waals surface area contributed by atoms with Crippen molar-refractivity contribution in [1.82, 2.24) is 5.32 Å². The lowest BCUT2D eigenvalue weighted by Gasteiger charge is -2.41. The molecule has 37 heavy (non-hydrogen) atoms. The first-order valence-electron chi connectivity index (χ1n) is 13.2. The molecule has 4 aromatic carbocycles. The molecule has 1 spiro atoms. The summed E-state index contributed by atoms with van der Waals surface area (Å²) in [5, 5.41) is 3.36. The standard InChI is InChI=1S/C35H27NO/c1-22-19-34-32(20-28(22)25-12-8-9-23-21-36-18-17-24(23)25)35(31-15-6-7-16-33(31)37-34)29-13-4-2-10-26(29)27-11-3-5-14-30(27)35/h2,4-10,12-20,36H,3,11,21H2,1H3. The molecule has 0 aromatic heterocycles. The minimum Gasteiger partial charge on any atom is -0.457 e. The van der Waals surface area contributed by atoms with Crippen molar-refractivity contribution in [3.05, 3.63) is 142 Å². The molecule has 0 amide bonds. The number of allylic oxidation sites excluding steroid dienone is 4. The third kappa shape index (κ3) is 2.70. The number of fused-ring (bicyclic) bond motifs is 9. The zero-order valence-corrected chi connectivity index (χ0v) is 20.8. The van der Waals surface area contributed by atoms with Gasteiger partial charge in [-0.3, -0.25) is 0 Å². The Balaban J connectivity index is 1.49. The van der Waals surface area contributed by atoms with Crippen LogP contribution in [0.3, 0.4) is 0 Å². The Bertz CT molecular complexity index is 1720. The fourth-order valence-corrected chi connectivity index (χ4v) is 7.08. The van der Waals surface area contributed by atoms with E-state index >= 15 is 0 Å². The summed E-state index contributed by atoms with van der Waals surface area (Å²) in [6.07, 6.45) is 11.2. The minimum atomic E-state index is -0.387. The maximum Gasteiger partial charge on any atom is 0.132 e. The van der Waals surface area contributed by atoms with Gasteiger partial charge in [0.25, 0.3) is 0 Å². The molecule has 2 aliphatic carbocycles. The summed E-state index contributed by atoms with van der Waals surface area (Å²) < 4.78 is 6.67. The maximum atomic E-state index is 6.67. The number of ether oxygens (including phenoxy) is 1. The van der Waals surface area contributed by atoms with Gasteiger partial charge in [0, 0.05) is 17.7 Å². The lowest BCUT2D eigenvalue weighted by atomic mass is 9.64. The average molecular weight is 478 g/mol. The molecule has 178 valence electrons. The molecule has 2 heteroatoms. The third-order valence-electron chi connectivity index (χ3n) is 8.62. The zero-order chi connectivity index (χ0) is 24.6. The maximum absolute atomic E-state index is 6.67. The summed E-state index contributed by atoms with van der Waals surface area (Å²) >= 11 is 0. The van der Waals surface area contributed by atoms with E-state index in [0.717, 1.165) is 30.9 Å². The van der Waals surface area contributed by atoms with E-state index in [1.54, 1.807) is 0 Å². The summed E-state index contributed by atoms with van der Waals surface area (Å²) in [5.74, 6) is 1.92. The number of hydrogen-bond acceptors (Lipinski definition) is 2. The number of para-hydroxylation sites is 1. The van der Waals surface area contributed by atoms with E-state index in [4.69, 9.17) is 4.74 Å². The van der Waals surface area contributed by atoms with Crippen LogP contribution in [0.5, 0.6) is 11.5 Å². The van der Waals surface area contributed by atoms with Crippen LogP contribution < -0.4 is 10.1 Å². The van der Waals surface area contributed by atoms with Gasteiger partial charge in [-0.15, -0.1) is 0 Å². The van der Waals surface area contributed by atoms with Crippen molar-refractivity contribution >= 4 is 11.6 Å². The van der Waals surface area contributed by atoms with Crippen molar-refractivity contribution in [3.63, 3.8) is 0 Å². The summed E-state index contributed by atoms with van der Waals surface area (Å²) in [4.78, 5) is 0. The van der Waals surface area contributed by atoms with Crippen molar-refractivity contribution < 1.29 is 4.74 Å². The Labute approximate surface area is 217 Å². The van der Waals surface area contributed by atoms with Gasteiger partial charge in [0.2, 0.25) is 0 Å². The first-order chi connectivity index (χ1) is 18.3. The highest BCUT2D eigenvalue weighted by Crippen LogP contribution is 2.63. The Morgan fingerprint density at radius 2 is 1.59 bits per heavy atom. The van der Waals surface area contributed by atoms with Gasteiger partial charge >= 0.3 is 0 Å². The number of benzene rings is 4. The predicted octanol–water partition coefficient (Wildman–Crippen LogP) is 8.29. The first kappa shape index (κ1) is 20.8. The first-order valence-corrected chi connectivity index (χ1v) is 13.2. The predicted molar refractivity (Wildman–Crippen MR) is 151 cm³/mol. The second-order valence-corrected chi connectivity index (χ2v) is 10.5. The van der Waals surface area contributed by atoms with Gasteiger partial charge in [0.05, 0.1) is 5.41 Å². The van der Waals surface area contributed by atoms with Crippen LogP contribution in [0, 0.1) is 6.92 Å². The summed E-state index contributed by atoms with van der Waals surface area (Å²) in [7, 11) is 0. The molecule has 2 heterocycles. The number of aryl methyl sites for hydroxylation is 1. The molecule has 4 aliphatic rings. The van der Waals surface area contributed by atoms with E-state index in [9.17, 15) is 0 Å². The van der Waals surface area contributed by atoms with Gasteiger partial charge in [0.15, 0.2) is 0 Å². The smallest absolute Gasteiger partial charge is 0.132 e. The van der Waals surface area contributed by atoms with Gasteiger partial charge in [0.1, 0.15) is 11.5 Å². The van der Waals surface area contributed by atoms with Crippen LogP contribution >= 0.6 is 0 Å². The van der Waals surface area contributed by atoms with E-state index in [2.05, 4.69) is 116 Å². The van der Waals surface area contributed by atoms with E-state index in [0.29, 0.717) is 0 Å². The zero-order valence-electron chi connectivity index (χ0n) is 20.8. The molecular formula is C35H27NO. The van der Waals surface area contributed by atoms with Crippen LogP contribution in [0.15, 0.2) is 103 Å². The van der Waals surface area contributed by atoms with Crippen molar-refractivity contribution in [2.24, 2.45) is 0 Å². The quantitative estimate of drug-likeness (QED) is 0.298. The van der Waals surface area contributed by atoms with Gasteiger partial charge in [-0.05, 0) is 100 Å². The van der Waals surface area contributed by atoms with Crippen LogP contribution in [0.4, 0.5) is 0 Å². The molecule has 4 aromatic rings. The number of nitrogens with one attached hydrogen (secondary N) is 1. The van der Waals surface area contributed by atoms with Crippen molar-refractivity contribution in [2.45, 2.75) is 31.7 Å². The van der Waals surface area contributed by atoms with Gasteiger partial charge < -0.3 is 10.1 Å². The Hall–Kier alpha value is -4.30. The van der Waals surface area contributed by atoms with E-state index in [-0.39, 0.29) is 5.41 Å². The fraction of sp³-hybridized carbons (Fsp3) is 0.143. The van der Waals surface area contributed by atoms with E-state index in [1.165, 1.54) is 61.2 Å². The molecule has 0 radical (unpaired) electrons. The Kier molecular flexibility index (Phi) is 4.28. The third-order valence-corrected chi connectivity index (χ3v) is 8.62. The molecule has 8 rings (SSSR count). The van der Waals surface area contributed by atoms with Crippen molar-refractivity contribution in [2.75, 3.05) is 0 Å². The molecular weight excluding hydrogens is 450 g/mol. The highest BCUT2D eigenvalue weighted by atomic mass is 16.5. The van der Waals surface area contributed by atoms with Crippen LogP contribution in [0.1, 0.15) is 51.8 Å². The summed E-state index contributed by atoms with van der Waals surface area (Å²) in [5.41, 5.74) is 14.2. The lowest BCUT2D eigenvalue weighted by Crippen LogP contribution is -2.33. The van der Waals surface area contributed by atoms with E-state index < -0.39 is 0 Å². The molecule has 1 atom stereocenters. The molecule has 1 unspecified atom stereocenters. The lowest BCUT2D eigenvalue weighted by molar-refractivity contribution is 0.435. The average Bonchev–Trinajstić information content (AvgIpc) is 3.24. The Morgan fingerprint density at radius 3 is 2.54 bits per heavy atom. The van der Waals surface area contributed by atoms with Crippen LogP contribution in [0.25, 0.3) is 22.8 Å². The summed E-state index contributed by atoms with van der Waals surface area (Å²) in [6.45, 7) is 3.07. The van der Waals surface area contributed by atoms with Gasteiger partial charge in [-0.1, -0.05) is 72.8 Å². The molecule has 0 saturated carbocycles. The highest BCUT2D eigenvalue weighted by Gasteiger charge is 2.52. The SMILES string of the molecule is Cc1cc2c(cc1-c1cccc3c1C=CNC3)C1(C3=C(CCC=C3)c3ccccc31)c1ccccc1O2. The molecule has 0 saturated heterocycles. The second kappa shape index (κ2) is 7.60.